The van der Waals surface area contributed by atoms with Gasteiger partial charge in [0.15, 0.2) is 5.96 Å². The molecule has 0 aliphatic carbocycles. The van der Waals surface area contributed by atoms with Gasteiger partial charge in [0.05, 0.1) is 10.8 Å². The topological polar surface area (TPSA) is 77.0 Å². The van der Waals surface area contributed by atoms with Crippen molar-refractivity contribution in [2.45, 2.75) is 39.2 Å². The van der Waals surface area contributed by atoms with Gasteiger partial charge < -0.3 is 15.5 Å². The number of halogens is 1. The lowest BCUT2D eigenvalue weighted by Gasteiger charge is -2.33. The third-order valence-electron chi connectivity index (χ3n) is 4.74. The van der Waals surface area contributed by atoms with E-state index in [1.54, 1.807) is 25.3 Å². The summed E-state index contributed by atoms with van der Waals surface area (Å²) in [4.78, 5) is 7.06. The number of sulfonamides is 1. The van der Waals surface area contributed by atoms with Crippen molar-refractivity contribution in [2.24, 2.45) is 4.99 Å². The van der Waals surface area contributed by atoms with E-state index in [1.807, 2.05) is 0 Å². The van der Waals surface area contributed by atoms with Crippen LogP contribution in [0.3, 0.4) is 0 Å². The van der Waals surface area contributed by atoms with E-state index in [0.29, 0.717) is 25.6 Å². The highest BCUT2D eigenvalue weighted by Crippen LogP contribution is 2.24. The maximum absolute atomic E-state index is 11.8. The molecule has 162 valence electrons. The van der Waals surface area contributed by atoms with Crippen LogP contribution in [-0.2, 0) is 10.0 Å². The van der Waals surface area contributed by atoms with Crippen molar-refractivity contribution in [3.8, 4) is 0 Å². The summed E-state index contributed by atoms with van der Waals surface area (Å²) < 4.78 is 25.0. The Labute approximate surface area is 191 Å². The zero-order chi connectivity index (χ0) is 19.7. The van der Waals surface area contributed by atoms with Crippen LogP contribution in [0.5, 0.6) is 0 Å². The van der Waals surface area contributed by atoms with Crippen molar-refractivity contribution in [3.05, 3.63) is 17.5 Å². The summed E-state index contributed by atoms with van der Waals surface area (Å²) >= 11 is 1.79. The van der Waals surface area contributed by atoms with Crippen LogP contribution < -0.4 is 15.5 Å². The van der Waals surface area contributed by atoms with E-state index in [9.17, 15) is 8.42 Å². The minimum Gasteiger partial charge on any atom is -0.363 e. The van der Waals surface area contributed by atoms with Crippen LogP contribution in [0.1, 0.15) is 33.1 Å². The lowest BCUT2D eigenvalue weighted by atomic mass is 10.1. The zero-order valence-corrected chi connectivity index (χ0v) is 21.0. The van der Waals surface area contributed by atoms with E-state index in [0.717, 1.165) is 38.4 Å². The Bertz CT molecular complexity index is 674. The molecule has 10 heteroatoms. The van der Waals surface area contributed by atoms with Crippen molar-refractivity contribution >= 4 is 56.3 Å². The van der Waals surface area contributed by atoms with Gasteiger partial charge in [-0.05, 0) is 50.6 Å². The first-order valence-corrected chi connectivity index (χ1v) is 12.2. The van der Waals surface area contributed by atoms with Crippen LogP contribution >= 0.6 is 35.3 Å². The summed E-state index contributed by atoms with van der Waals surface area (Å²) in [5, 5.41) is 10.3. The van der Waals surface area contributed by atoms with Gasteiger partial charge in [-0.2, -0.15) is 0 Å². The number of nitrogens with one attached hydrogen (secondary N) is 2. The Morgan fingerprint density at radius 1 is 1.36 bits per heavy atom. The van der Waals surface area contributed by atoms with E-state index in [-0.39, 0.29) is 29.7 Å². The predicted molar refractivity (Wildman–Crippen MR) is 131 cm³/mol. The molecule has 1 saturated heterocycles. The van der Waals surface area contributed by atoms with Crippen molar-refractivity contribution in [2.75, 3.05) is 50.4 Å². The van der Waals surface area contributed by atoms with Crippen LogP contribution in [0.15, 0.2) is 22.5 Å². The Balaban J connectivity index is 0.00000392. The lowest BCUT2D eigenvalue weighted by Crippen LogP contribution is -2.48. The molecule has 1 aromatic rings. The second-order valence-electron chi connectivity index (χ2n) is 6.69. The molecule has 0 aromatic carbocycles. The summed E-state index contributed by atoms with van der Waals surface area (Å²) in [6.07, 6.45) is 2.88. The number of anilines is 1. The largest absolute Gasteiger partial charge is 0.363 e. The van der Waals surface area contributed by atoms with Gasteiger partial charge in [-0.3, -0.25) is 4.99 Å². The van der Waals surface area contributed by atoms with E-state index >= 15 is 0 Å². The van der Waals surface area contributed by atoms with Gasteiger partial charge in [-0.1, -0.05) is 0 Å². The average Bonchev–Trinajstić information content (AvgIpc) is 3.20. The van der Waals surface area contributed by atoms with Crippen LogP contribution in [0, 0.1) is 0 Å². The van der Waals surface area contributed by atoms with Gasteiger partial charge in [0.1, 0.15) is 0 Å². The van der Waals surface area contributed by atoms with Crippen molar-refractivity contribution in [1.82, 2.24) is 14.9 Å². The normalized spacial score (nSPS) is 16.1. The SMILES string of the molecule is CCNC(=NCCCN(C)S(=O)(=O)CC)NC1CCN(c2cccs2)CC1.I. The van der Waals surface area contributed by atoms with Crippen molar-refractivity contribution in [1.29, 1.82) is 0 Å². The smallest absolute Gasteiger partial charge is 0.213 e. The molecule has 0 bridgehead atoms. The number of guanidine groups is 1. The fourth-order valence-corrected chi connectivity index (χ4v) is 4.68. The third kappa shape index (κ3) is 8.03. The number of piperidine rings is 1. The molecule has 0 unspecified atom stereocenters. The Morgan fingerprint density at radius 2 is 2.07 bits per heavy atom. The molecule has 0 saturated carbocycles. The predicted octanol–water partition coefficient (Wildman–Crippen LogP) is 2.56. The third-order valence-corrected chi connectivity index (χ3v) is 7.53. The monoisotopic (exact) mass is 543 g/mol. The minimum absolute atomic E-state index is 0. The van der Waals surface area contributed by atoms with Crippen LogP contribution in [-0.4, -0.2) is 70.2 Å². The first kappa shape index (κ1) is 25.4. The molecule has 2 rings (SSSR count). The molecule has 2 N–H and O–H groups in total. The maximum Gasteiger partial charge on any atom is 0.213 e. The van der Waals surface area contributed by atoms with E-state index < -0.39 is 10.0 Å². The molecule has 0 radical (unpaired) electrons. The molecule has 2 heterocycles. The molecule has 0 amide bonds. The van der Waals surface area contributed by atoms with Gasteiger partial charge in [-0.15, -0.1) is 35.3 Å². The molecule has 28 heavy (non-hydrogen) atoms. The van der Waals surface area contributed by atoms with Gasteiger partial charge in [0.2, 0.25) is 10.0 Å². The second kappa shape index (κ2) is 12.9. The van der Waals surface area contributed by atoms with Crippen LogP contribution in [0.4, 0.5) is 5.00 Å². The van der Waals surface area contributed by atoms with Crippen molar-refractivity contribution in [3.63, 3.8) is 0 Å². The second-order valence-corrected chi connectivity index (χ2v) is 9.98. The Morgan fingerprint density at radius 3 is 2.64 bits per heavy atom. The Hall–Kier alpha value is -0.590. The zero-order valence-electron chi connectivity index (χ0n) is 17.1. The molecule has 1 aliphatic rings. The first-order valence-electron chi connectivity index (χ1n) is 9.73. The molecule has 1 fully saturated rings. The molecule has 0 spiro atoms. The number of hydrogen-bond acceptors (Lipinski definition) is 5. The molecule has 0 atom stereocenters. The summed E-state index contributed by atoms with van der Waals surface area (Å²) in [5.74, 6) is 0.967. The van der Waals surface area contributed by atoms with E-state index in [2.05, 4.69) is 45.0 Å². The summed E-state index contributed by atoms with van der Waals surface area (Å²) in [6, 6.07) is 4.70. The highest BCUT2D eigenvalue weighted by Gasteiger charge is 2.20. The lowest BCUT2D eigenvalue weighted by molar-refractivity contribution is 0.459. The molecular weight excluding hydrogens is 509 g/mol. The number of thiophene rings is 1. The summed E-state index contributed by atoms with van der Waals surface area (Å²) in [7, 11) is -1.47. The standard InChI is InChI=1S/C18H33N5O2S2.HI/c1-4-19-18(20-11-7-12-22(3)27(24,25)5-2)21-16-9-13-23(14-10-16)17-8-6-15-26-17;/h6,8,15-16H,4-5,7,9-14H2,1-3H3,(H2,19,20,21);1H. The number of hydrogen-bond donors (Lipinski definition) is 2. The maximum atomic E-state index is 11.8. The minimum atomic E-state index is -3.11. The van der Waals surface area contributed by atoms with Gasteiger partial charge in [-0.25, -0.2) is 12.7 Å². The van der Waals surface area contributed by atoms with Crippen LogP contribution in [0.25, 0.3) is 0 Å². The summed E-state index contributed by atoms with van der Waals surface area (Å²) in [6.45, 7) is 7.74. The first-order chi connectivity index (χ1) is 13.0. The average molecular weight is 544 g/mol. The quantitative estimate of drug-likeness (QED) is 0.217. The van der Waals surface area contributed by atoms with E-state index in [4.69, 9.17) is 0 Å². The van der Waals surface area contributed by atoms with Crippen LogP contribution in [0.2, 0.25) is 0 Å². The summed E-state index contributed by atoms with van der Waals surface area (Å²) in [5.41, 5.74) is 0. The molecular formula is C18H34IN5O2S2. The Kier molecular flexibility index (Phi) is 11.7. The van der Waals surface area contributed by atoms with Crippen molar-refractivity contribution < 1.29 is 8.42 Å². The molecule has 7 nitrogen and oxygen atoms in total. The molecule has 1 aliphatic heterocycles. The molecule has 1 aromatic heterocycles. The fraction of sp³-hybridized carbons (Fsp3) is 0.722. The highest BCUT2D eigenvalue weighted by molar-refractivity contribution is 14.0. The highest BCUT2D eigenvalue weighted by atomic mass is 127. The number of rotatable bonds is 9. The fourth-order valence-electron chi connectivity index (χ4n) is 3.05. The number of aliphatic imine (C=N–C) groups is 1. The van der Waals surface area contributed by atoms with Gasteiger partial charge in [0, 0.05) is 45.8 Å². The number of nitrogens with zero attached hydrogens (tertiary/aromatic N) is 3. The van der Waals surface area contributed by atoms with E-state index in [1.165, 1.54) is 9.31 Å². The van der Waals surface area contributed by atoms with Gasteiger partial charge in [0.25, 0.3) is 0 Å². The van der Waals surface area contributed by atoms with Gasteiger partial charge >= 0.3 is 0 Å².